The number of rotatable bonds is 6. The molecular weight excluding hydrogens is 424 g/mol. The van der Waals surface area contributed by atoms with Crippen molar-refractivity contribution in [3.05, 3.63) is 28.7 Å². The highest BCUT2D eigenvalue weighted by atomic mass is 79.9. The SMILES string of the molecule is CC(=O)OC[C@H]1O[C@H](Oc2ccc(Br)cc2)C[C@@H](OC(C)=O)[C@H]1OC(C)=O. The van der Waals surface area contributed by atoms with Crippen LogP contribution in [0.4, 0.5) is 0 Å². The summed E-state index contributed by atoms with van der Waals surface area (Å²) < 4.78 is 28.1. The van der Waals surface area contributed by atoms with Gasteiger partial charge < -0.3 is 23.7 Å². The molecule has 0 bridgehead atoms. The van der Waals surface area contributed by atoms with Crippen LogP contribution in [0.1, 0.15) is 27.2 Å². The molecule has 4 atom stereocenters. The molecule has 9 heteroatoms. The van der Waals surface area contributed by atoms with Crippen LogP contribution in [0.2, 0.25) is 0 Å². The van der Waals surface area contributed by atoms with Crippen LogP contribution in [0.15, 0.2) is 28.7 Å². The lowest BCUT2D eigenvalue weighted by atomic mass is 10.0. The minimum atomic E-state index is -0.921. The van der Waals surface area contributed by atoms with Crippen molar-refractivity contribution in [3.8, 4) is 5.75 Å². The van der Waals surface area contributed by atoms with Crippen molar-refractivity contribution < 1.29 is 38.1 Å². The summed E-state index contributed by atoms with van der Waals surface area (Å²) in [7, 11) is 0. The van der Waals surface area contributed by atoms with E-state index in [1.165, 1.54) is 20.8 Å². The quantitative estimate of drug-likeness (QED) is 0.487. The van der Waals surface area contributed by atoms with E-state index in [0.717, 1.165) is 4.47 Å². The number of halogens is 1. The maximum atomic E-state index is 11.5. The minimum absolute atomic E-state index is 0.143. The van der Waals surface area contributed by atoms with E-state index in [-0.39, 0.29) is 13.0 Å². The molecule has 0 radical (unpaired) electrons. The highest BCUT2D eigenvalue weighted by Crippen LogP contribution is 2.28. The molecule has 0 amide bonds. The molecule has 0 N–H and O–H groups in total. The van der Waals surface area contributed by atoms with Gasteiger partial charge in [-0.3, -0.25) is 14.4 Å². The maximum Gasteiger partial charge on any atom is 0.303 e. The van der Waals surface area contributed by atoms with E-state index < -0.39 is 42.5 Å². The molecule has 2 rings (SSSR count). The number of carbonyl (C=O) groups is 3. The fraction of sp³-hybridized carbons (Fsp3) is 0.500. The van der Waals surface area contributed by atoms with E-state index in [0.29, 0.717) is 5.75 Å². The van der Waals surface area contributed by atoms with Crippen LogP contribution in [0.25, 0.3) is 0 Å². The van der Waals surface area contributed by atoms with Gasteiger partial charge in [-0.05, 0) is 24.3 Å². The number of benzene rings is 1. The predicted molar refractivity (Wildman–Crippen MR) is 95.8 cm³/mol. The van der Waals surface area contributed by atoms with Crippen molar-refractivity contribution >= 4 is 33.8 Å². The molecule has 1 heterocycles. The Labute approximate surface area is 165 Å². The average Bonchev–Trinajstić information content (AvgIpc) is 2.56. The summed E-state index contributed by atoms with van der Waals surface area (Å²) >= 11 is 3.34. The fourth-order valence-corrected chi connectivity index (χ4v) is 2.90. The average molecular weight is 445 g/mol. The van der Waals surface area contributed by atoms with Crippen molar-refractivity contribution in [2.24, 2.45) is 0 Å². The molecule has 0 aromatic heterocycles. The molecule has 148 valence electrons. The third kappa shape index (κ3) is 6.84. The van der Waals surface area contributed by atoms with Crippen LogP contribution in [0, 0.1) is 0 Å². The zero-order valence-electron chi connectivity index (χ0n) is 15.2. The first kappa shape index (κ1) is 21.2. The third-order valence-corrected chi connectivity index (χ3v) is 4.16. The third-order valence-electron chi connectivity index (χ3n) is 3.64. The first-order chi connectivity index (χ1) is 12.7. The number of esters is 3. The largest absolute Gasteiger partial charge is 0.465 e. The lowest BCUT2D eigenvalue weighted by molar-refractivity contribution is -0.245. The first-order valence-corrected chi connectivity index (χ1v) is 9.09. The summed E-state index contributed by atoms with van der Waals surface area (Å²) in [5.41, 5.74) is 0. The minimum Gasteiger partial charge on any atom is -0.465 e. The van der Waals surface area contributed by atoms with E-state index in [4.69, 9.17) is 23.7 Å². The fourth-order valence-electron chi connectivity index (χ4n) is 2.64. The van der Waals surface area contributed by atoms with Gasteiger partial charge in [-0.25, -0.2) is 0 Å². The van der Waals surface area contributed by atoms with Crippen molar-refractivity contribution in [2.75, 3.05) is 6.61 Å². The summed E-state index contributed by atoms with van der Waals surface area (Å²) in [5.74, 6) is -1.07. The monoisotopic (exact) mass is 444 g/mol. The Morgan fingerprint density at radius 1 is 1.04 bits per heavy atom. The van der Waals surface area contributed by atoms with Crippen molar-refractivity contribution in [1.29, 1.82) is 0 Å². The summed E-state index contributed by atoms with van der Waals surface area (Å²) in [6.07, 6.45) is -3.22. The molecule has 0 saturated carbocycles. The van der Waals surface area contributed by atoms with E-state index in [2.05, 4.69) is 15.9 Å². The maximum absolute atomic E-state index is 11.5. The highest BCUT2D eigenvalue weighted by molar-refractivity contribution is 9.10. The topological polar surface area (TPSA) is 97.4 Å². The van der Waals surface area contributed by atoms with Crippen LogP contribution in [0.3, 0.4) is 0 Å². The van der Waals surface area contributed by atoms with Gasteiger partial charge in [0, 0.05) is 25.2 Å². The second-order valence-electron chi connectivity index (χ2n) is 5.94. The Morgan fingerprint density at radius 2 is 1.67 bits per heavy atom. The Balaban J connectivity index is 2.19. The van der Waals surface area contributed by atoms with Gasteiger partial charge in [0.1, 0.15) is 24.6 Å². The molecule has 1 aromatic carbocycles. The lowest BCUT2D eigenvalue weighted by Crippen LogP contribution is -2.54. The van der Waals surface area contributed by atoms with Crippen molar-refractivity contribution in [2.45, 2.75) is 51.8 Å². The van der Waals surface area contributed by atoms with E-state index in [1.807, 2.05) is 0 Å². The Kier molecular flexibility index (Phi) is 7.61. The molecule has 0 aliphatic carbocycles. The molecule has 1 aliphatic rings. The zero-order chi connectivity index (χ0) is 20.0. The second kappa shape index (κ2) is 9.70. The predicted octanol–water partition coefficient (Wildman–Crippen LogP) is 2.37. The number of carbonyl (C=O) groups excluding carboxylic acids is 3. The summed E-state index contributed by atoms with van der Waals surface area (Å²) in [4.78, 5) is 34.1. The van der Waals surface area contributed by atoms with Crippen molar-refractivity contribution in [3.63, 3.8) is 0 Å². The van der Waals surface area contributed by atoms with Crippen LogP contribution < -0.4 is 4.74 Å². The molecule has 1 saturated heterocycles. The molecule has 1 fully saturated rings. The number of ether oxygens (including phenoxy) is 5. The van der Waals surface area contributed by atoms with Crippen LogP contribution in [-0.2, 0) is 33.3 Å². The van der Waals surface area contributed by atoms with Gasteiger partial charge in [-0.2, -0.15) is 0 Å². The normalized spacial score (nSPS) is 24.6. The molecule has 27 heavy (non-hydrogen) atoms. The Bertz CT molecular complexity index is 674. The lowest BCUT2D eigenvalue weighted by Gasteiger charge is -2.39. The number of hydrogen-bond acceptors (Lipinski definition) is 8. The Hall–Kier alpha value is -2.13. The smallest absolute Gasteiger partial charge is 0.303 e. The van der Waals surface area contributed by atoms with E-state index >= 15 is 0 Å². The van der Waals surface area contributed by atoms with Gasteiger partial charge >= 0.3 is 17.9 Å². The highest BCUT2D eigenvalue weighted by Gasteiger charge is 2.44. The second-order valence-corrected chi connectivity index (χ2v) is 6.85. The van der Waals surface area contributed by atoms with Gasteiger partial charge in [-0.15, -0.1) is 0 Å². The van der Waals surface area contributed by atoms with Gasteiger partial charge in [0.2, 0.25) is 6.29 Å². The standard InChI is InChI=1S/C18H21BrO8/c1-10(20)23-9-16-18(25-12(3)22)15(24-11(2)21)8-17(27-16)26-14-6-4-13(19)5-7-14/h4-7,15-18H,8-9H2,1-3H3/t15-,16-,17+,18-/m1/s1. The van der Waals surface area contributed by atoms with Crippen LogP contribution in [0.5, 0.6) is 5.75 Å². The Morgan fingerprint density at radius 3 is 2.22 bits per heavy atom. The van der Waals surface area contributed by atoms with Gasteiger partial charge in [-0.1, -0.05) is 15.9 Å². The van der Waals surface area contributed by atoms with Crippen LogP contribution >= 0.6 is 15.9 Å². The molecular formula is C18H21BrO8. The zero-order valence-corrected chi connectivity index (χ0v) is 16.8. The first-order valence-electron chi connectivity index (χ1n) is 8.30. The van der Waals surface area contributed by atoms with Crippen LogP contribution in [-0.4, -0.2) is 49.1 Å². The van der Waals surface area contributed by atoms with Gasteiger partial charge in [0.25, 0.3) is 0 Å². The van der Waals surface area contributed by atoms with Gasteiger partial charge in [0.05, 0.1) is 6.42 Å². The van der Waals surface area contributed by atoms with E-state index in [9.17, 15) is 14.4 Å². The summed E-state index contributed by atoms with van der Waals surface area (Å²) in [6, 6.07) is 7.10. The molecule has 8 nitrogen and oxygen atoms in total. The molecule has 0 unspecified atom stereocenters. The summed E-state index contributed by atoms with van der Waals surface area (Å²) in [6.45, 7) is 3.57. The van der Waals surface area contributed by atoms with E-state index in [1.54, 1.807) is 24.3 Å². The molecule has 0 spiro atoms. The van der Waals surface area contributed by atoms with Gasteiger partial charge in [0.15, 0.2) is 6.10 Å². The molecule has 1 aliphatic heterocycles. The van der Waals surface area contributed by atoms with Crippen molar-refractivity contribution in [1.82, 2.24) is 0 Å². The number of hydrogen-bond donors (Lipinski definition) is 0. The summed E-state index contributed by atoms with van der Waals surface area (Å²) in [5, 5.41) is 0. The molecule has 1 aromatic rings.